The highest BCUT2D eigenvalue weighted by molar-refractivity contribution is 7.89. The monoisotopic (exact) mass is 292 g/mol. The molecule has 0 amide bonds. The molecule has 2 heterocycles. The Morgan fingerprint density at radius 3 is 2.85 bits per heavy atom. The molecule has 0 saturated heterocycles. The lowest BCUT2D eigenvalue weighted by Gasteiger charge is -2.24. The molecule has 5 nitrogen and oxygen atoms in total. The van der Waals surface area contributed by atoms with E-state index >= 15 is 0 Å². The van der Waals surface area contributed by atoms with E-state index in [1.54, 1.807) is 6.20 Å². The number of fused-ring (bicyclic) bond motifs is 1. The zero-order valence-corrected chi connectivity index (χ0v) is 11.8. The predicted octanol–water partition coefficient (Wildman–Crippen LogP) is 1.61. The molecule has 20 heavy (non-hydrogen) atoms. The first-order valence-corrected chi connectivity index (χ1v) is 8.20. The highest BCUT2D eigenvalue weighted by atomic mass is 32.2. The molecule has 0 saturated carbocycles. The van der Waals surface area contributed by atoms with Crippen molar-refractivity contribution in [1.29, 1.82) is 0 Å². The molecule has 2 aromatic rings. The van der Waals surface area contributed by atoms with Gasteiger partial charge in [-0.1, -0.05) is 35.5 Å². The Labute approximate surface area is 118 Å². The van der Waals surface area contributed by atoms with Gasteiger partial charge >= 0.3 is 0 Å². The van der Waals surface area contributed by atoms with Crippen LogP contribution in [-0.2, 0) is 29.4 Å². The van der Waals surface area contributed by atoms with Crippen LogP contribution in [0.15, 0.2) is 41.1 Å². The summed E-state index contributed by atoms with van der Waals surface area (Å²) in [6.45, 7) is 0.843. The molecule has 1 aromatic carbocycles. The zero-order chi connectivity index (χ0) is 14.0. The SMILES string of the molecule is O=S(=O)(CCc1ccccc1)N1CCc2oncc2C1. The second kappa shape index (κ2) is 5.38. The molecule has 3 rings (SSSR count). The standard InChI is InChI=1S/C14H16N2O3S/c17-20(18,9-7-12-4-2-1-3-5-12)16-8-6-14-13(11-16)10-15-19-14/h1-5,10H,6-9,11H2. The van der Waals surface area contributed by atoms with Crippen LogP contribution in [0.25, 0.3) is 0 Å². The molecule has 6 heteroatoms. The van der Waals surface area contributed by atoms with E-state index in [2.05, 4.69) is 5.16 Å². The normalized spacial score (nSPS) is 16.0. The van der Waals surface area contributed by atoms with E-state index in [0.29, 0.717) is 25.9 Å². The van der Waals surface area contributed by atoms with Crippen molar-refractivity contribution in [2.75, 3.05) is 12.3 Å². The lowest BCUT2D eigenvalue weighted by Crippen LogP contribution is -2.37. The molecule has 0 fully saturated rings. The van der Waals surface area contributed by atoms with Gasteiger partial charge in [0.1, 0.15) is 5.76 Å². The first kappa shape index (κ1) is 13.3. The van der Waals surface area contributed by atoms with Crippen molar-refractivity contribution in [2.45, 2.75) is 19.4 Å². The molecule has 0 radical (unpaired) electrons. The van der Waals surface area contributed by atoms with E-state index in [-0.39, 0.29) is 5.75 Å². The van der Waals surface area contributed by atoms with Crippen LogP contribution in [0, 0.1) is 0 Å². The van der Waals surface area contributed by atoms with Crippen LogP contribution in [0.2, 0.25) is 0 Å². The molecular weight excluding hydrogens is 276 g/mol. The average Bonchev–Trinajstić information content (AvgIpc) is 2.94. The van der Waals surface area contributed by atoms with Crippen molar-refractivity contribution in [3.8, 4) is 0 Å². The smallest absolute Gasteiger partial charge is 0.214 e. The minimum atomic E-state index is -3.24. The topological polar surface area (TPSA) is 63.4 Å². The van der Waals surface area contributed by atoms with E-state index in [4.69, 9.17) is 4.52 Å². The Bertz CT molecular complexity index is 679. The number of nitrogens with zero attached hydrogens (tertiary/aromatic N) is 2. The number of sulfonamides is 1. The molecule has 0 bridgehead atoms. The number of hydrogen-bond donors (Lipinski definition) is 0. The highest BCUT2D eigenvalue weighted by Crippen LogP contribution is 2.21. The van der Waals surface area contributed by atoms with Crippen molar-refractivity contribution in [3.63, 3.8) is 0 Å². The fraction of sp³-hybridized carbons (Fsp3) is 0.357. The van der Waals surface area contributed by atoms with Gasteiger partial charge in [0, 0.05) is 25.1 Å². The minimum Gasteiger partial charge on any atom is -0.361 e. The fourth-order valence-corrected chi connectivity index (χ4v) is 3.83. The van der Waals surface area contributed by atoms with E-state index in [1.807, 2.05) is 30.3 Å². The van der Waals surface area contributed by atoms with E-state index in [9.17, 15) is 8.42 Å². The van der Waals surface area contributed by atoms with Crippen LogP contribution in [-0.4, -0.2) is 30.2 Å². The van der Waals surface area contributed by atoms with Crippen LogP contribution in [0.5, 0.6) is 0 Å². The maximum Gasteiger partial charge on any atom is 0.214 e. The third-order valence-corrected chi connectivity index (χ3v) is 5.37. The molecule has 0 N–H and O–H groups in total. The van der Waals surface area contributed by atoms with Gasteiger partial charge in [0.05, 0.1) is 11.9 Å². The van der Waals surface area contributed by atoms with Crippen LogP contribution in [0.3, 0.4) is 0 Å². The first-order valence-electron chi connectivity index (χ1n) is 6.59. The van der Waals surface area contributed by atoms with Gasteiger partial charge in [-0.05, 0) is 12.0 Å². The highest BCUT2D eigenvalue weighted by Gasteiger charge is 2.28. The third kappa shape index (κ3) is 2.76. The quantitative estimate of drug-likeness (QED) is 0.858. The van der Waals surface area contributed by atoms with E-state index in [1.165, 1.54) is 4.31 Å². The Hall–Kier alpha value is -1.66. The third-order valence-electron chi connectivity index (χ3n) is 3.55. The van der Waals surface area contributed by atoms with Gasteiger partial charge in [0.15, 0.2) is 0 Å². The maximum absolute atomic E-state index is 12.4. The van der Waals surface area contributed by atoms with Crippen molar-refractivity contribution in [3.05, 3.63) is 53.4 Å². The predicted molar refractivity (Wildman–Crippen MR) is 74.5 cm³/mol. The molecule has 106 valence electrons. The average molecular weight is 292 g/mol. The first-order chi connectivity index (χ1) is 9.65. The molecule has 0 unspecified atom stereocenters. The lowest BCUT2D eigenvalue weighted by atomic mass is 10.1. The summed E-state index contributed by atoms with van der Waals surface area (Å²) in [5, 5.41) is 3.72. The summed E-state index contributed by atoms with van der Waals surface area (Å²) in [5.74, 6) is 0.942. The zero-order valence-electron chi connectivity index (χ0n) is 11.0. The second-order valence-corrected chi connectivity index (χ2v) is 7.00. The lowest BCUT2D eigenvalue weighted by molar-refractivity contribution is 0.331. The molecule has 1 aromatic heterocycles. The molecule has 0 atom stereocenters. The van der Waals surface area contributed by atoms with Crippen molar-refractivity contribution in [2.24, 2.45) is 0 Å². The molecule has 1 aliphatic heterocycles. The van der Waals surface area contributed by atoms with Gasteiger partial charge in [0.2, 0.25) is 10.0 Å². The van der Waals surface area contributed by atoms with Gasteiger partial charge in [-0.2, -0.15) is 4.31 Å². The summed E-state index contributed by atoms with van der Waals surface area (Å²) in [4.78, 5) is 0. The Morgan fingerprint density at radius 1 is 1.25 bits per heavy atom. The Kier molecular flexibility index (Phi) is 3.58. The number of rotatable bonds is 4. The van der Waals surface area contributed by atoms with Gasteiger partial charge in [-0.25, -0.2) is 8.42 Å². The summed E-state index contributed by atoms with van der Waals surface area (Å²) in [7, 11) is -3.24. The van der Waals surface area contributed by atoms with Crippen molar-refractivity contribution in [1.82, 2.24) is 9.46 Å². The summed E-state index contributed by atoms with van der Waals surface area (Å²) in [6.07, 6.45) is 2.74. The van der Waals surface area contributed by atoms with Crippen LogP contribution >= 0.6 is 0 Å². The molecule has 1 aliphatic rings. The summed E-state index contributed by atoms with van der Waals surface area (Å²) >= 11 is 0. The van der Waals surface area contributed by atoms with Gasteiger partial charge in [-0.15, -0.1) is 0 Å². The molecule has 0 spiro atoms. The van der Waals surface area contributed by atoms with E-state index < -0.39 is 10.0 Å². The van der Waals surface area contributed by atoms with Crippen LogP contribution < -0.4 is 0 Å². The maximum atomic E-state index is 12.4. The Balaban J connectivity index is 1.67. The number of hydrogen-bond acceptors (Lipinski definition) is 4. The van der Waals surface area contributed by atoms with Crippen LogP contribution in [0.4, 0.5) is 0 Å². The number of aryl methyl sites for hydroxylation is 1. The van der Waals surface area contributed by atoms with Gasteiger partial charge in [-0.3, -0.25) is 0 Å². The largest absolute Gasteiger partial charge is 0.361 e. The van der Waals surface area contributed by atoms with Gasteiger partial charge in [0.25, 0.3) is 0 Å². The van der Waals surface area contributed by atoms with Gasteiger partial charge < -0.3 is 4.52 Å². The summed E-state index contributed by atoms with van der Waals surface area (Å²) in [5.41, 5.74) is 1.92. The Morgan fingerprint density at radius 2 is 2.05 bits per heavy atom. The number of aromatic nitrogens is 1. The van der Waals surface area contributed by atoms with Crippen molar-refractivity contribution >= 4 is 10.0 Å². The van der Waals surface area contributed by atoms with E-state index in [0.717, 1.165) is 16.9 Å². The summed E-state index contributed by atoms with van der Waals surface area (Å²) in [6, 6.07) is 9.67. The van der Waals surface area contributed by atoms with Crippen molar-refractivity contribution < 1.29 is 12.9 Å². The molecule has 0 aliphatic carbocycles. The number of benzene rings is 1. The summed E-state index contributed by atoms with van der Waals surface area (Å²) < 4.78 is 31.3. The second-order valence-electron chi connectivity index (χ2n) is 4.91. The minimum absolute atomic E-state index is 0.137. The molecular formula is C14H16N2O3S. The fourth-order valence-electron chi connectivity index (χ4n) is 2.37. The van der Waals surface area contributed by atoms with Crippen LogP contribution in [0.1, 0.15) is 16.9 Å².